The number of fused-ring (bicyclic) bond motifs is 1. The van der Waals surface area contributed by atoms with Crippen molar-refractivity contribution in [3.05, 3.63) is 71.0 Å². The van der Waals surface area contributed by atoms with Crippen LogP contribution in [0.2, 0.25) is 5.02 Å². The van der Waals surface area contributed by atoms with E-state index in [9.17, 15) is 4.79 Å². The molecule has 15 heteroatoms. The van der Waals surface area contributed by atoms with E-state index in [0.717, 1.165) is 0 Å². The lowest BCUT2D eigenvalue weighted by Gasteiger charge is -2.33. The van der Waals surface area contributed by atoms with E-state index in [1.54, 1.807) is 11.0 Å². The molecule has 2 saturated heterocycles. The summed E-state index contributed by atoms with van der Waals surface area (Å²) in [6.07, 6.45) is 7.15. The van der Waals surface area contributed by atoms with Gasteiger partial charge in [0.05, 0.1) is 48.5 Å². The van der Waals surface area contributed by atoms with Crippen molar-refractivity contribution in [2.24, 2.45) is 0 Å². The quantitative estimate of drug-likeness (QED) is 0.332. The van der Waals surface area contributed by atoms with Crippen molar-refractivity contribution in [1.82, 2.24) is 40.1 Å². The van der Waals surface area contributed by atoms with Gasteiger partial charge in [0.2, 0.25) is 5.91 Å². The van der Waals surface area contributed by atoms with Gasteiger partial charge in [-0.1, -0.05) is 11.6 Å². The number of hydrogen-bond acceptors (Lipinski definition) is 9. The van der Waals surface area contributed by atoms with Crippen molar-refractivity contribution in [1.29, 1.82) is 0 Å². The number of pyridine rings is 1. The van der Waals surface area contributed by atoms with Crippen LogP contribution in [-0.2, 0) is 14.3 Å². The van der Waals surface area contributed by atoms with Crippen LogP contribution in [0.5, 0.6) is 5.88 Å². The predicted octanol–water partition coefficient (Wildman–Crippen LogP) is 3.69. The number of imidazole rings is 1. The number of benzene rings is 1. The summed E-state index contributed by atoms with van der Waals surface area (Å²) in [5.41, 5.74) is 1.73. The van der Waals surface area contributed by atoms with E-state index in [0.29, 0.717) is 61.9 Å². The number of tetrazole rings is 1. The second kappa shape index (κ2) is 11.4. The molecule has 43 heavy (non-hydrogen) atoms. The van der Waals surface area contributed by atoms with Gasteiger partial charge in [-0.05, 0) is 53.5 Å². The summed E-state index contributed by atoms with van der Waals surface area (Å²) in [5.74, 6) is -1.19. The molecule has 1 N–H and O–H groups in total. The molecule has 3 aliphatic heterocycles. The van der Waals surface area contributed by atoms with Gasteiger partial charge in [-0.25, -0.2) is 18.7 Å². The molecule has 3 aromatic heterocycles. The number of amides is 1. The molecule has 0 bridgehead atoms. The first-order valence-corrected chi connectivity index (χ1v) is 14.1. The van der Waals surface area contributed by atoms with E-state index in [2.05, 4.69) is 30.5 Å². The topological polar surface area (TPSA) is 133 Å². The Morgan fingerprint density at radius 3 is 2.86 bits per heavy atom. The number of carbonyl (C=O) groups is 1. The number of hydrogen-bond donors (Lipinski definition) is 1. The summed E-state index contributed by atoms with van der Waals surface area (Å²) in [5, 5.41) is 11.1. The Balaban J connectivity index is 1.12. The maximum absolute atomic E-state index is 15.4. The summed E-state index contributed by atoms with van der Waals surface area (Å²) < 4.78 is 48.6. The highest BCUT2D eigenvalue weighted by atomic mass is 35.5. The van der Waals surface area contributed by atoms with Crippen molar-refractivity contribution in [2.75, 3.05) is 26.4 Å². The van der Waals surface area contributed by atoms with Crippen molar-refractivity contribution < 1.29 is 27.8 Å². The van der Waals surface area contributed by atoms with Gasteiger partial charge in [0, 0.05) is 29.4 Å². The minimum atomic E-state index is -0.644. The molecule has 7 rings (SSSR count). The Labute approximate surface area is 248 Å². The Morgan fingerprint density at radius 2 is 2.05 bits per heavy atom. The largest absolute Gasteiger partial charge is 0.473 e. The zero-order valence-corrected chi connectivity index (χ0v) is 23.4. The molecule has 3 atom stereocenters. The maximum Gasteiger partial charge on any atom is 0.251 e. The number of ether oxygens (including phenoxy) is 3. The van der Waals surface area contributed by atoms with E-state index in [1.165, 1.54) is 41.6 Å². The lowest BCUT2D eigenvalue weighted by molar-refractivity contribution is -0.129. The van der Waals surface area contributed by atoms with E-state index in [4.69, 9.17) is 25.8 Å². The third-order valence-electron chi connectivity index (χ3n) is 7.85. The molecule has 0 radical (unpaired) electrons. The standard InChI is InChI=1S/C28H25ClF2N8O4/c29-19-2-4-21(38-14-34-36-37-38)24(26(19)31)15-9-16-1-3-22(39(16)23(40)10-15)27-33-11-20(35-27)18-5-6-32-28(25(18)30)43-13-17-12-41-7-8-42-17/h2,4-6,10-11,14,16-17,22H,1,3,7-9,12-13H2,(H,33,35)/t16-,17+,22+/m1/s1. The molecule has 0 spiro atoms. The van der Waals surface area contributed by atoms with E-state index < -0.39 is 11.6 Å². The Hall–Kier alpha value is -4.27. The fourth-order valence-electron chi connectivity index (χ4n) is 5.89. The second-order valence-corrected chi connectivity index (χ2v) is 10.8. The van der Waals surface area contributed by atoms with Gasteiger partial charge in [-0.3, -0.25) is 4.79 Å². The second-order valence-electron chi connectivity index (χ2n) is 10.4. The van der Waals surface area contributed by atoms with Gasteiger partial charge in [-0.2, -0.15) is 4.68 Å². The molecule has 2 fully saturated rings. The number of nitrogens with zero attached hydrogens (tertiary/aromatic N) is 7. The summed E-state index contributed by atoms with van der Waals surface area (Å²) >= 11 is 6.12. The fraction of sp³-hybridized carbons (Fsp3) is 0.357. The van der Waals surface area contributed by atoms with Crippen LogP contribution in [0.25, 0.3) is 22.5 Å². The number of aromatic nitrogens is 7. The van der Waals surface area contributed by atoms with Gasteiger partial charge in [-0.15, -0.1) is 5.10 Å². The third kappa shape index (κ3) is 5.15. The number of rotatable bonds is 7. The normalized spacial score (nSPS) is 22.0. The number of H-pyrrole nitrogens is 1. The number of carbonyl (C=O) groups excluding carboxylic acids is 1. The molecule has 1 amide bonds. The van der Waals surface area contributed by atoms with Crippen LogP contribution in [0.15, 0.2) is 43.0 Å². The first-order valence-electron chi connectivity index (χ1n) is 13.7. The van der Waals surface area contributed by atoms with Crippen molar-refractivity contribution in [2.45, 2.75) is 37.5 Å². The maximum atomic E-state index is 15.4. The van der Waals surface area contributed by atoms with Gasteiger partial charge >= 0.3 is 0 Å². The van der Waals surface area contributed by atoms with Gasteiger partial charge in [0.15, 0.2) is 11.6 Å². The highest BCUT2D eigenvalue weighted by molar-refractivity contribution is 6.31. The van der Waals surface area contributed by atoms with Gasteiger partial charge < -0.3 is 24.1 Å². The summed E-state index contributed by atoms with van der Waals surface area (Å²) in [7, 11) is 0. The van der Waals surface area contributed by atoms with E-state index in [1.807, 2.05) is 0 Å². The molecule has 0 unspecified atom stereocenters. The predicted molar refractivity (Wildman–Crippen MR) is 147 cm³/mol. The monoisotopic (exact) mass is 610 g/mol. The highest BCUT2D eigenvalue weighted by Gasteiger charge is 2.42. The minimum Gasteiger partial charge on any atom is -0.473 e. The molecule has 0 saturated carbocycles. The molecule has 1 aromatic carbocycles. The zero-order chi connectivity index (χ0) is 29.5. The zero-order valence-electron chi connectivity index (χ0n) is 22.6. The van der Waals surface area contributed by atoms with Crippen LogP contribution in [0.3, 0.4) is 0 Å². The molecular formula is C28H25ClF2N8O4. The Morgan fingerprint density at radius 1 is 1.14 bits per heavy atom. The highest BCUT2D eigenvalue weighted by Crippen LogP contribution is 2.44. The van der Waals surface area contributed by atoms with Gasteiger partial charge in [0.1, 0.15) is 24.9 Å². The lowest BCUT2D eigenvalue weighted by Crippen LogP contribution is -2.39. The van der Waals surface area contributed by atoms with Gasteiger partial charge in [0.25, 0.3) is 5.88 Å². The summed E-state index contributed by atoms with van der Waals surface area (Å²) in [6, 6.07) is 4.01. The van der Waals surface area contributed by atoms with Crippen molar-refractivity contribution in [3.8, 4) is 22.8 Å². The molecule has 3 aliphatic rings. The van der Waals surface area contributed by atoms with Crippen molar-refractivity contribution in [3.63, 3.8) is 0 Å². The molecule has 222 valence electrons. The first-order chi connectivity index (χ1) is 21.0. The van der Waals surface area contributed by atoms with Crippen molar-refractivity contribution >= 4 is 23.1 Å². The average molecular weight is 611 g/mol. The molecule has 0 aliphatic carbocycles. The Bertz CT molecular complexity index is 1690. The van der Waals surface area contributed by atoms with Crippen LogP contribution in [0.4, 0.5) is 8.78 Å². The number of nitrogens with one attached hydrogen (secondary N) is 1. The average Bonchev–Trinajstić information content (AvgIpc) is 3.80. The van der Waals surface area contributed by atoms with E-state index in [-0.39, 0.29) is 52.7 Å². The van der Waals surface area contributed by atoms with Crippen LogP contribution in [-0.4, -0.2) is 84.5 Å². The van der Waals surface area contributed by atoms with Crippen LogP contribution < -0.4 is 4.74 Å². The lowest BCUT2D eigenvalue weighted by atomic mass is 9.92. The minimum absolute atomic E-state index is 0.0664. The molecule has 12 nitrogen and oxygen atoms in total. The fourth-order valence-corrected chi connectivity index (χ4v) is 6.04. The smallest absolute Gasteiger partial charge is 0.251 e. The van der Waals surface area contributed by atoms with E-state index >= 15 is 8.78 Å². The van der Waals surface area contributed by atoms with Crippen LogP contribution in [0.1, 0.15) is 36.7 Å². The number of halogens is 3. The summed E-state index contributed by atoms with van der Waals surface area (Å²) in [4.78, 5) is 27.0. The summed E-state index contributed by atoms with van der Waals surface area (Å²) in [6.45, 7) is 1.45. The third-order valence-corrected chi connectivity index (χ3v) is 8.14. The SMILES string of the molecule is O=C1C=C(c2c(-n3cnnn3)ccc(Cl)c2F)C[C@H]2CC[C@@H](c3ncc(-c4ccnc(OC[C@@H]5COCCO5)c4F)[nH]3)N12. The molecule has 6 heterocycles. The number of aromatic amines is 1. The van der Waals surface area contributed by atoms with Crippen LogP contribution in [0, 0.1) is 11.6 Å². The molecular weight excluding hydrogens is 586 g/mol. The molecule has 4 aromatic rings. The Kier molecular flexibility index (Phi) is 7.33. The first kappa shape index (κ1) is 27.6. The van der Waals surface area contributed by atoms with Crippen LogP contribution >= 0.6 is 11.6 Å².